The van der Waals surface area contributed by atoms with Crippen LogP contribution in [-0.2, 0) is 6.42 Å². The van der Waals surface area contributed by atoms with Gasteiger partial charge < -0.3 is 10.4 Å². The van der Waals surface area contributed by atoms with Gasteiger partial charge in [0, 0.05) is 15.9 Å². The van der Waals surface area contributed by atoms with Crippen LogP contribution in [-0.4, -0.2) is 4.98 Å². The normalized spacial score (nSPS) is 14.8. The number of halogens is 1. The van der Waals surface area contributed by atoms with Crippen LogP contribution in [0.4, 0.5) is 0 Å². The zero-order chi connectivity index (χ0) is 11.1. The summed E-state index contributed by atoms with van der Waals surface area (Å²) < 4.78 is 0. The lowest BCUT2D eigenvalue weighted by Gasteiger charge is -2.12. The van der Waals surface area contributed by atoms with Gasteiger partial charge in [0.25, 0.3) is 0 Å². The Balaban J connectivity index is 2.30. The molecule has 4 heteroatoms. The molecule has 2 aromatic rings. The molecule has 0 spiro atoms. The van der Waals surface area contributed by atoms with E-state index in [0.717, 1.165) is 34.8 Å². The van der Waals surface area contributed by atoms with Crippen LogP contribution in [0.1, 0.15) is 17.7 Å². The summed E-state index contributed by atoms with van der Waals surface area (Å²) in [5.74, 6) is 5.51. The highest BCUT2D eigenvalue weighted by Crippen LogP contribution is 2.32. The van der Waals surface area contributed by atoms with Gasteiger partial charge in [-0.1, -0.05) is 17.7 Å². The molecule has 82 valence electrons. The standard InChI is InChI=1S/C12H12ClN3/c13-7-4-5-10-9(6-7)8-2-1-3-11(16-14)12(8)15-10/h3-6,15-16H,1-2,14H2. The SMILES string of the molecule is NNC1=CCCc2c1[nH]c1ccc(Cl)cc21. The molecule has 1 aliphatic carbocycles. The number of aromatic amines is 1. The van der Waals surface area contributed by atoms with Crippen molar-refractivity contribution in [1.29, 1.82) is 0 Å². The predicted molar refractivity (Wildman–Crippen MR) is 66.9 cm³/mol. The first-order valence-electron chi connectivity index (χ1n) is 5.27. The largest absolute Gasteiger partial charge is 0.353 e. The Morgan fingerprint density at radius 1 is 1.38 bits per heavy atom. The van der Waals surface area contributed by atoms with E-state index in [0.29, 0.717) is 0 Å². The molecule has 1 aliphatic rings. The molecular weight excluding hydrogens is 222 g/mol. The van der Waals surface area contributed by atoms with E-state index in [1.165, 1.54) is 10.9 Å². The van der Waals surface area contributed by atoms with Crippen molar-refractivity contribution in [3.8, 4) is 0 Å². The third kappa shape index (κ3) is 1.32. The molecule has 0 atom stereocenters. The van der Waals surface area contributed by atoms with Gasteiger partial charge in [-0.25, -0.2) is 0 Å². The minimum Gasteiger partial charge on any atom is -0.353 e. The number of nitrogens with two attached hydrogens (primary N) is 1. The number of aryl methyl sites for hydroxylation is 1. The number of hydrazine groups is 1. The molecule has 1 aromatic heterocycles. The summed E-state index contributed by atoms with van der Waals surface area (Å²) in [5.41, 5.74) is 7.20. The first kappa shape index (κ1) is 9.75. The summed E-state index contributed by atoms with van der Waals surface area (Å²) in [5, 5.41) is 1.97. The lowest BCUT2D eigenvalue weighted by molar-refractivity contribution is 0.911. The van der Waals surface area contributed by atoms with Gasteiger partial charge in [-0.05, 0) is 36.6 Å². The van der Waals surface area contributed by atoms with Crippen molar-refractivity contribution in [1.82, 2.24) is 10.4 Å². The van der Waals surface area contributed by atoms with Crippen molar-refractivity contribution in [2.45, 2.75) is 12.8 Å². The molecule has 0 unspecified atom stereocenters. The average molecular weight is 234 g/mol. The topological polar surface area (TPSA) is 53.8 Å². The highest BCUT2D eigenvalue weighted by atomic mass is 35.5. The van der Waals surface area contributed by atoms with E-state index < -0.39 is 0 Å². The molecule has 0 amide bonds. The van der Waals surface area contributed by atoms with Crippen molar-refractivity contribution in [3.05, 3.63) is 40.6 Å². The number of H-pyrrole nitrogens is 1. The molecule has 0 saturated carbocycles. The zero-order valence-corrected chi connectivity index (χ0v) is 9.43. The first-order chi connectivity index (χ1) is 7.79. The van der Waals surface area contributed by atoms with Crippen LogP contribution in [0.3, 0.4) is 0 Å². The highest BCUT2D eigenvalue weighted by Gasteiger charge is 2.17. The quantitative estimate of drug-likeness (QED) is 0.524. The van der Waals surface area contributed by atoms with Gasteiger partial charge in [0.2, 0.25) is 0 Å². The van der Waals surface area contributed by atoms with Crippen LogP contribution in [0.15, 0.2) is 24.3 Å². The smallest absolute Gasteiger partial charge is 0.0684 e. The minimum absolute atomic E-state index is 0.770. The maximum Gasteiger partial charge on any atom is 0.0684 e. The fourth-order valence-corrected chi connectivity index (χ4v) is 2.48. The Labute approximate surface area is 98.2 Å². The molecule has 0 fully saturated rings. The molecule has 0 saturated heterocycles. The number of allylic oxidation sites excluding steroid dienone is 1. The molecular formula is C12H12ClN3. The highest BCUT2D eigenvalue weighted by molar-refractivity contribution is 6.31. The molecule has 0 radical (unpaired) electrons. The van der Waals surface area contributed by atoms with Gasteiger partial charge in [-0.3, -0.25) is 5.84 Å². The van der Waals surface area contributed by atoms with Crippen molar-refractivity contribution < 1.29 is 0 Å². The summed E-state index contributed by atoms with van der Waals surface area (Å²) in [6.07, 6.45) is 4.15. The zero-order valence-electron chi connectivity index (χ0n) is 8.68. The van der Waals surface area contributed by atoms with E-state index >= 15 is 0 Å². The van der Waals surface area contributed by atoms with Gasteiger partial charge >= 0.3 is 0 Å². The van der Waals surface area contributed by atoms with Gasteiger partial charge in [0.15, 0.2) is 0 Å². The third-order valence-electron chi connectivity index (χ3n) is 3.04. The second-order valence-corrected chi connectivity index (χ2v) is 4.41. The van der Waals surface area contributed by atoms with E-state index in [-0.39, 0.29) is 0 Å². The maximum atomic E-state index is 6.02. The van der Waals surface area contributed by atoms with E-state index in [2.05, 4.69) is 16.5 Å². The van der Waals surface area contributed by atoms with Crippen molar-refractivity contribution in [2.24, 2.45) is 5.84 Å². The number of benzene rings is 1. The molecule has 0 bridgehead atoms. The first-order valence-corrected chi connectivity index (χ1v) is 5.64. The Bertz CT molecular complexity index is 583. The summed E-state index contributed by atoms with van der Waals surface area (Å²) >= 11 is 6.02. The van der Waals surface area contributed by atoms with Gasteiger partial charge in [-0.15, -0.1) is 0 Å². The molecule has 1 aromatic carbocycles. The van der Waals surface area contributed by atoms with Gasteiger partial charge in [0.1, 0.15) is 0 Å². The predicted octanol–water partition coefficient (Wildman–Crippen LogP) is 2.57. The molecule has 0 aliphatic heterocycles. The molecule has 3 nitrogen and oxygen atoms in total. The Kier molecular flexibility index (Phi) is 2.16. The summed E-state index contributed by atoms with van der Waals surface area (Å²) in [6, 6.07) is 5.90. The molecule has 1 heterocycles. The second kappa shape index (κ2) is 3.54. The summed E-state index contributed by atoms with van der Waals surface area (Å²) in [7, 11) is 0. The minimum atomic E-state index is 0.770. The third-order valence-corrected chi connectivity index (χ3v) is 3.27. The van der Waals surface area contributed by atoms with E-state index in [1.54, 1.807) is 0 Å². The van der Waals surface area contributed by atoms with E-state index in [4.69, 9.17) is 17.4 Å². The Morgan fingerprint density at radius 2 is 2.25 bits per heavy atom. The number of rotatable bonds is 1. The van der Waals surface area contributed by atoms with Crippen molar-refractivity contribution in [2.75, 3.05) is 0 Å². The van der Waals surface area contributed by atoms with Crippen molar-refractivity contribution >= 4 is 28.2 Å². The average Bonchev–Trinajstić information content (AvgIpc) is 2.67. The van der Waals surface area contributed by atoms with Crippen LogP contribution in [0.25, 0.3) is 16.6 Å². The maximum absolute atomic E-state index is 6.02. The number of hydrogen-bond acceptors (Lipinski definition) is 2. The van der Waals surface area contributed by atoms with Crippen LogP contribution < -0.4 is 11.3 Å². The Morgan fingerprint density at radius 3 is 3.06 bits per heavy atom. The summed E-state index contributed by atoms with van der Waals surface area (Å²) in [4.78, 5) is 3.37. The fourth-order valence-electron chi connectivity index (χ4n) is 2.30. The summed E-state index contributed by atoms with van der Waals surface area (Å²) in [6.45, 7) is 0. The number of aromatic nitrogens is 1. The van der Waals surface area contributed by atoms with Crippen LogP contribution in [0.2, 0.25) is 5.02 Å². The lowest BCUT2D eigenvalue weighted by atomic mass is 9.99. The van der Waals surface area contributed by atoms with Gasteiger partial charge in [0.05, 0.1) is 11.4 Å². The Hall–Kier alpha value is -1.45. The van der Waals surface area contributed by atoms with Crippen molar-refractivity contribution in [3.63, 3.8) is 0 Å². The number of hydrogen-bond donors (Lipinski definition) is 3. The molecule has 4 N–H and O–H groups in total. The fraction of sp³-hybridized carbons (Fsp3) is 0.167. The van der Waals surface area contributed by atoms with Crippen LogP contribution in [0, 0.1) is 0 Å². The van der Waals surface area contributed by atoms with Gasteiger partial charge in [-0.2, -0.15) is 0 Å². The van der Waals surface area contributed by atoms with Crippen LogP contribution >= 0.6 is 11.6 Å². The monoisotopic (exact) mass is 233 g/mol. The van der Waals surface area contributed by atoms with Crippen LogP contribution in [0.5, 0.6) is 0 Å². The lowest BCUT2D eigenvalue weighted by Crippen LogP contribution is -2.22. The number of nitrogens with one attached hydrogen (secondary N) is 2. The van der Waals surface area contributed by atoms with E-state index in [9.17, 15) is 0 Å². The van der Waals surface area contributed by atoms with E-state index in [1.807, 2.05) is 18.2 Å². The molecule has 3 rings (SSSR count). The number of fused-ring (bicyclic) bond motifs is 3. The second-order valence-electron chi connectivity index (χ2n) is 3.97. The molecule has 16 heavy (non-hydrogen) atoms.